The second-order valence-corrected chi connectivity index (χ2v) is 8.31. The summed E-state index contributed by atoms with van der Waals surface area (Å²) in [5, 5.41) is 9.25. The van der Waals surface area contributed by atoms with E-state index in [4.69, 9.17) is 4.42 Å². The lowest BCUT2D eigenvalue weighted by Crippen LogP contribution is -2.48. The van der Waals surface area contributed by atoms with E-state index in [1.165, 1.54) is 18.4 Å². The van der Waals surface area contributed by atoms with Gasteiger partial charge in [0.1, 0.15) is 11.8 Å². The van der Waals surface area contributed by atoms with Crippen LogP contribution in [0.4, 0.5) is 5.82 Å². The first-order valence-electron chi connectivity index (χ1n) is 11.2. The molecule has 5 rings (SSSR count). The van der Waals surface area contributed by atoms with E-state index in [-0.39, 0.29) is 11.3 Å². The average Bonchev–Trinajstić information content (AvgIpc) is 2.89. The molecule has 1 aliphatic rings. The maximum Gasteiger partial charge on any atom is 0.246 e. The first-order chi connectivity index (χ1) is 16.6. The van der Waals surface area contributed by atoms with Gasteiger partial charge in [-0.2, -0.15) is 0 Å². The third kappa shape index (κ3) is 4.45. The summed E-state index contributed by atoms with van der Waals surface area (Å²) in [6.45, 7) is 4.38. The summed E-state index contributed by atoms with van der Waals surface area (Å²) in [5.74, 6) is 0.667. The second kappa shape index (κ2) is 9.31. The first kappa shape index (κ1) is 21.6. The Balaban J connectivity index is 1.22. The number of rotatable bonds is 4. The molecule has 0 aliphatic carbocycles. The van der Waals surface area contributed by atoms with E-state index in [9.17, 15) is 9.59 Å². The summed E-state index contributed by atoms with van der Waals surface area (Å²) in [4.78, 5) is 29.3. The maximum atomic E-state index is 12.7. The van der Waals surface area contributed by atoms with Crippen LogP contribution in [-0.4, -0.2) is 47.2 Å². The number of hydrogen-bond acceptors (Lipinski definition) is 6. The van der Waals surface area contributed by atoms with Crippen LogP contribution in [0.3, 0.4) is 0 Å². The maximum absolute atomic E-state index is 12.7. The minimum Gasteiger partial charge on any atom is -0.463 e. The Kier molecular flexibility index (Phi) is 5.91. The molecule has 0 N–H and O–H groups in total. The zero-order valence-corrected chi connectivity index (χ0v) is 18.8. The van der Waals surface area contributed by atoms with Gasteiger partial charge in [-0.05, 0) is 37.3 Å². The van der Waals surface area contributed by atoms with Crippen LogP contribution < -0.4 is 10.3 Å². The van der Waals surface area contributed by atoms with Gasteiger partial charge in [0, 0.05) is 37.8 Å². The number of carbonyl (C=O) groups is 1. The van der Waals surface area contributed by atoms with Crippen molar-refractivity contribution in [3.05, 3.63) is 94.4 Å². The van der Waals surface area contributed by atoms with Crippen LogP contribution >= 0.6 is 0 Å². The summed E-state index contributed by atoms with van der Waals surface area (Å²) in [6.07, 6.45) is 4.38. The molecule has 2 aromatic heterocycles. The highest BCUT2D eigenvalue weighted by atomic mass is 16.3. The van der Waals surface area contributed by atoms with Crippen molar-refractivity contribution in [2.75, 3.05) is 31.1 Å². The first-order valence-corrected chi connectivity index (χ1v) is 11.2. The smallest absolute Gasteiger partial charge is 0.246 e. The highest BCUT2D eigenvalue weighted by molar-refractivity contribution is 5.92. The highest BCUT2D eigenvalue weighted by Crippen LogP contribution is 2.19. The molecule has 1 amide bonds. The van der Waals surface area contributed by atoms with Crippen molar-refractivity contribution >= 4 is 28.8 Å². The van der Waals surface area contributed by atoms with E-state index in [0.29, 0.717) is 42.7 Å². The van der Waals surface area contributed by atoms with Crippen LogP contribution in [0.15, 0.2) is 82.2 Å². The Bertz CT molecular complexity index is 1400. The summed E-state index contributed by atoms with van der Waals surface area (Å²) in [5.41, 5.74) is 3.59. The molecule has 4 aromatic rings. The van der Waals surface area contributed by atoms with Gasteiger partial charge in [-0.15, -0.1) is 10.2 Å². The van der Waals surface area contributed by atoms with Crippen molar-refractivity contribution in [1.82, 2.24) is 15.1 Å². The fraction of sp³-hybridized carbons (Fsp3) is 0.185. The zero-order valence-electron chi connectivity index (χ0n) is 18.8. The molecule has 34 heavy (non-hydrogen) atoms. The lowest BCUT2D eigenvalue weighted by molar-refractivity contribution is -0.126. The molecule has 0 saturated carbocycles. The molecule has 3 heterocycles. The number of benzene rings is 2. The fourth-order valence-corrected chi connectivity index (χ4v) is 4.05. The predicted molar refractivity (Wildman–Crippen MR) is 133 cm³/mol. The number of carbonyl (C=O) groups excluding carboxylic acids is 1. The average molecular weight is 453 g/mol. The number of aromatic nitrogens is 2. The van der Waals surface area contributed by atoms with Crippen LogP contribution in [0.25, 0.3) is 28.3 Å². The van der Waals surface area contributed by atoms with E-state index in [1.807, 2.05) is 55.5 Å². The van der Waals surface area contributed by atoms with Gasteiger partial charge in [0.15, 0.2) is 11.2 Å². The Morgan fingerprint density at radius 3 is 2.50 bits per heavy atom. The molecule has 0 spiro atoms. The molecule has 7 nitrogen and oxygen atoms in total. The van der Waals surface area contributed by atoms with Gasteiger partial charge in [-0.3, -0.25) is 9.59 Å². The van der Waals surface area contributed by atoms with Gasteiger partial charge in [-0.25, -0.2) is 0 Å². The summed E-state index contributed by atoms with van der Waals surface area (Å²) in [7, 11) is 0. The van der Waals surface area contributed by atoms with Crippen LogP contribution in [-0.2, 0) is 4.79 Å². The Morgan fingerprint density at radius 2 is 1.76 bits per heavy atom. The summed E-state index contributed by atoms with van der Waals surface area (Å²) in [6, 6.07) is 19.3. The lowest BCUT2D eigenvalue weighted by atomic mass is 10.1. The monoisotopic (exact) mass is 452 g/mol. The SMILES string of the molecule is Cc1ccc2occ(/C=C/C(=O)N3CCN(c4ccc(-c5ccccc5)nn4)CC3)c(=O)c2c1. The van der Waals surface area contributed by atoms with E-state index in [2.05, 4.69) is 15.1 Å². The summed E-state index contributed by atoms with van der Waals surface area (Å²) < 4.78 is 5.56. The Hall–Kier alpha value is -4.26. The summed E-state index contributed by atoms with van der Waals surface area (Å²) >= 11 is 0. The van der Waals surface area contributed by atoms with E-state index >= 15 is 0 Å². The minimum atomic E-state index is -0.142. The van der Waals surface area contributed by atoms with Crippen LogP contribution in [0, 0.1) is 6.92 Å². The second-order valence-electron chi connectivity index (χ2n) is 8.31. The largest absolute Gasteiger partial charge is 0.463 e. The number of amides is 1. The Labute approximate surface area is 197 Å². The standard InChI is InChI=1S/C27H24N4O3/c1-19-7-10-24-22(17-19)27(33)21(18-34-24)8-12-26(32)31-15-13-30(14-16-31)25-11-9-23(28-29-25)20-5-3-2-4-6-20/h2-12,17-18H,13-16H2,1H3/b12-8+. The van der Waals surface area contributed by atoms with Gasteiger partial charge >= 0.3 is 0 Å². The van der Waals surface area contributed by atoms with E-state index in [1.54, 1.807) is 17.0 Å². The number of anilines is 1. The van der Waals surface area contributed by atoms with Crippen LogP contribution in [0.1, 0.15) is 11.1 Å². The minimum absolute atomic E-state index is 0.131. The van der Waals surface area contributed by atoms with Crippen molar-refractivity contribution in [1.29, 1.82) is 0 Å². The number of nitrogens with zero attached hydrogens (tertiary/aromatic N) is 4. The predicted octanol–water partition coefficient (Wildman–Crippen LogP) is 3.92. The van der Waals surface area contributed by atoms with Crippen LogP contribution in [0.2, 0.25) is 0 Å². The molecule has 0 unspecified atom stereocenters. The van der Waals surface area contributed by atoms with Crippen LogP contribution in [0.5, 0.6) is 0 Å². The molecule has 1 fully saturated rings. The molecule has 1 aliphatic heterocycles. The van der Waals surface area contributed by atoms with Crippen molar-refractivity contribution in [3.8, 4) is 11.3 Å². The van der Waals surface area contributed by atoms with Gasteiger partial charge in [0.05, 0.1) is 16.6 Å². The van der Waals surface area contributed by atoms with Crippen molar-refractivity contribution in [2.45, 2.75) is 6.92 Å². The molecular weight excluding hydrogens is 428 g/mol. The number of piperazine rings is 1. The van der Waals surface area contributed by atoms with Gasteiger partial charge in [0.25, 0.3) is 0 Å². The Morgan fingerprint density at radius 1 is 0.971 bits per heavy atom. The quantitative estimate of drug-likeness (QED) is 0.437. The van der Waals surface area contributed by atoms with Gasteiger partial charge < -0.3 is 14.2 Å². The normalized spacial score (nSPS) is 14.1. The molecule has 7 heteroatoms. The van der Waals surface area contributed by atoms with Crippen molar-refractivity contribution in [2.24, 2.45) is 0 Å². The third-order valence-electron chi connectivity index (χ3n) is 6.00. The molecule has 2 aromatic carbocycles. The topological polar surface area (TPSA) is 79.5 Å². The molecule has 0 atom stereocenters. The molecular formula is C27H24N4O3. The molecule has 1 saturated heterocycles. The molecule has 170 valence electrons. The zero-order chi connectivity index (χ0) is 23.5. The number of fused-ring (bicyclic) bond motifs is 1. The fourth-order valence-electron chi connectivity index (χ4n) is 4.05. The highest BCUT2D eigenvalue weighted by Gasteiger charge is 2.21. The number of aryl methyl sites for hydroxylation is 1. The van der Waals surface area contributed by atoms with E-state index in [0.717, 1.165) is 22.6 Å². The van der Waals surface area contributed by atoms with Gasteiger partial charge in [-0.1, -0.05) is 42.0 Å². The number of hydrogen-bond donors (Lipinski definition) is 0. The third-order valence-corrected chi connectivity index (χ3v) is 6.00. The van der Waals surface area contributed by atoms with Gasteiger partial charge in [0.2, 0.25) is 5.91 Å². The molecule has 0 radical (unpaired) electrons. The lowest BCUT2D eigenvalue weighted by Gasteiger charge is -2.34. The van der Waals surface area contributed by atoms with Crippen molar-refractivity contribution < 1.29 is 9.21 Å². The molecule has 0 bridgehead atoms. The van der Waals surface area contributed by atoms with Crippen molar-refractivity contribution in [3.63, 3.8) is 0 Å². The van der Waals surface area contributed by atoms with E-state index < -0.39 is 0 Å².